The third-order valence-corrected chi connectivity index (χ3v) is 6.81. The van der Waals surface area contributed by atoms with Gasteiger partial charge in [-0.1, -0.05) is 38.1 Å². The molecule has 182 valence electrons. The van der Waals surface area contributed by atoms with Crippen LogP contribution in [0.5, 0.6) is 0 Å². The second-order valence-electron chi connectivity index (χ2n) is 9.74. The lowest BCUT2D eigenvalue weighted by Crippen LogP contribution is -2.49. The molecular weight excluding hydrogens is 441 g/mol. The summed E-state index contributed by atoms with van der Waals surface area (Å²) in [7, 11) is 0. The lowest BCUT2D eigenvalue weighted by molar-refractivity contribution is 0.208. The molecule has 0 amide bonds. The molecule has 1 saturated heterocycles. The Hall–Kier alpha value is -3.52. The number of benzene rings is 2. The van der Waals surface area contributed by atoms with Gasteiger partial charge in [0.15, 0.2) is 5.65 Å². The van der Waals surface area contributed by atoms with Gasteiger partial charge in [-0.15, -0.1) is 5.10 Å². The van der Waals surface area contributed by atoms with E-state index in [4.69, 9.17) is 20.8 Å². The third kappa shape index (κ3) is 4.46. The van der Waals surface area contributed by atoms with Crippen LogP contribution < -0.4 is 10.6 Å². The number of hydrogen-bond acceptors (Lipinski definition) is 6. The van der Waals surface area contributed by atoms with E-state index in [-0.39, 0.29) is 5.82 Å². The Kier molecular flexibility index (Phi) is 6.15. The maximum absolute atomic E-state index is 13.5. The summed E-state index contributed by atoms with van der Waals surface area (Å²) < 4.78 is 15.1. The minimum Gasteiger partial charge on any atom is -0.383 e. The van der Waals surface area contributed by atoms with E-state index < -0.39 is 0 Å². The van der Waals surface area contributed by atoms with Gasteiger partial charge < -0.3 is 10.6 Å². The Bertz CT molecular complexity index is 1320. The maximum Gasteiger partial charge on any atom is 0.228 e. The Labute approximate surface area is 205 Å². The molecule has 0 saturated carbocycles. The molecule has 3 heterocycles. The molecule has 1 aliphatic rings. The summed E-state index contributed by atoms with van der Waals surface area (Å²) in [5, 5.41) is 5.43. The van der Waals surface area contributed by atoms with E-state index in [0.29, 0.717) is 40.4 Å². The zero-order valence-electron chi connectivity index (χ0n) is 20.7. The molecule has 4 aromatic rings. The van der Waals surface area contributed by atoms with E-state index in [1.807, 2.05) is 0 Å². The number of fused-ring (bicyclic) bond motifs is 1. The Morgan fingerprint density at radius 2 is 1.51 bits per heavy atom. The smallest absolute Gasteiger partial charge is 0.228 e. The number of nitrogens with two attached hydrogens (primary N) is 1. The van der Waals surface area contributed by atoms with Gasteiger partial charge in [0.05, 0.1) is 16.8 Å². The average Bonchev–Trinajstić information content (AvgIpc) is 3.20. The number of anilines is 2. The van der Waals surface area contributed by atoms with Crippen LogP contribution in [-0.2, 0) is 0 Å². The average molecular weight is 474 g/mol. The normalized spacial score (nSPS) is 15.0. The van der Waals surface area contributed by atoms with Gasteiger partial charge in [0.1, 0.15) is 11.6 Å². The fraction of sp³-hybridized carbons (Fsp3) is 0.370. The summed E-state index contributed by atoms with van der Waals surface area (Å²) in [4.78, 5) is 14.5. The van der Waals surface area contributed by atoms with Crippen LogP contribution in [0.2, 0.25) is 0 Å². The summed E-state index contributed by atoms with van der Waals surface area (Å²) in [6, 6.07) is 15.1. The van der Waals surface area contributed by atoms with Gasteiger partial charge >= 0.3 is 0 Å². The van der Waals surface area contributed by atoms with Crippen LogP contribution in [0.1, 0.15) is 39.2 Å². The van der Waals surface area contributed by atoms with Crippen LogP contribution in [-0.4, -0.2) is 56.9 Å². The third-order valence-electron chi connectivity index (χ3n) is 6.81. The zero-order valence-corrected chi connectivity index (χ0v) is 20.7. The molecule has 0 aliphatic carbocycles. The first-order chi connectivity index (χ1) is 16.8. The van der Waals surface area contributed by atoms with Crippen molar-refractivity contribution in [3.8, 4) is 16.9 Å². The van der Waals surface area contributed by atoms with Crippen LogP contribution >= 0.6 is 0 Å². The number of hydrogen-bond donors (Lipinski definition) is 1. The van der Waals surface area contributed by atoms with Gasteiger partial charge in [-0.3, -0.25) is 4.90 Å². The van der Waals surface area contributed by atoms with E-state index in [2.05, 4.69) is 61.8 Å². The lowest BCUT2D eigenvalue weighted by Gasteiger charge is -2.36. The molecule has 5 rings (SSSR count). The molecule has 2 N–H and O–H groups in total. The van der Waals surface area contributed by atoms with Crippen molar-refractivity contribution in [1.82, 2.24) is 24.6 Å². The second-order valence-corrected chi connectivity index (χ2v) is 9.74. The molecule has 35 heavy (non-hydrogen) atoms. The molecule has 0 bridgehead atoms. The number of halogens is 1. The van der Waals surface area contributed by atoms with Gasteiger partial charge in [-0.2, -0.15) is 4.98 Å². The van der Waals surface area contributed by atoms with Crippen LogP contribution in [0.15, 0.2) is 48.5 Å². The van der Waals surface area contributed by atoms with Crippen LogP contribution in [0, 0.1) is 5.82 Å². The van der Waals surface area contributed by atoms with Gasteiger partial charge in [0.2, 0.25) is 5.95 Å². The van der Waals surface area contributed by atoms with Crippen molar-refractivity contribution in [1.29, 1.82) is 0 Å². The number of rotatable bonds is 5. The molecular formula is C27H32FN7. The summed E-state index contributed by atoms with van der Waals surface area (Å²) in [5.74, 6) is 1.23. The van der Waals surface area contributed by atoms with Crippen LogP contribution in [0.25, 0.3) is 28.0 Å². The van der Waals surface area contributed by atoms with E-state index in [0.717, 1.165) is 37.4 Å². The molecule has 0 spiro atoms. The summed E-state index contributed by atoms with van der Waals surface area (Å²) in [5.41, 5.74) is 10.8. The Balaban J connectivity index is 1.63. The monoisotopic (exact) mass is 473 g/mol. The van der Waals surface area contributed by atoms with E-state index in [1.54, 1.807) is 16.8 Å². The Morgan fingerprint density at radius 1 is 0.857 bits per heavy atom. The fourth-order valence-corrected chi connectivity index (χ4v) is 4.59. The molecule has 0 radical (unpaired) electrons. The van der Waals surface area contributed by atoms with Crippen LogP contribution in [0.4, 0.5) is 16.2 Å². The van der Waals surface area contributed by atoms with Crippen molar-refractivity contribution < 1.29 is 4.39 Å². The van der Waals surface area contributed by atoms with Gasteiger partial charge in [0, 0.05) is 37.8 Å². The van der Waals surface area contributed by atoms with Gasteiger partial charge in [-0.25, -0.2) is 14.1 Å². The highest BCUT2D eigenvalue weighted by Crippen LogP contribution is 2.34. The predicted molar refractivity (Wildman–Crippen MR) is 139 cm³/mol. The SMILES string of the molecule is CC(C)c1ccc(-c2nc(N3CCN(C(C)C)CC3)nc3nn(-c4ccc(F)cc4)c(N)c23)cc1. The number of aromatic nitrogens is 4. The minimum absolute atomic E-state index is 0.308. The molecule has 0 atom stereocenters. The second kappa shape index (κ2) is 9.26. The van der Waals surface area contributed by atoms with Gasteiger partial charge in [-0.05, 0) is 49.6 Å². The first-order valence-corrected chi connectivity index (χ1v) is 12.2. The van der Waals surface area contributed by atoms with E-state index >= 15 is 0 Å². The summed E-state index contributed by atoms with van der Waals surface area (Å²) >= 11 is 0. The van der Waals surface area contributed by atoms with E-state index in [1.165, 1.54) is 17.7 Å². The summed E-state index contributed by atoms with van der Waals surface area (Å²) in [6.45, 7) is 12.4. The predicted octanol–water partition coefficient (Wildman–Crippen LogP) is 4.86. The van der Waals surface area contributed by atoms with Crippen LogP contribution in [0.3, 0.4) is 0 Å². The molecule has 0 unspecified atom stereocenters. The highest BCUT2D eigenvalue weighted by atomic mass is 19.1. The highest BCUT2D eigenvalue weighted by molar-refractivity contribution is 5.99. The quantitative estimate of drug-likeness (QED) is 0.446. The van der Waals surface area contributed by atoms with Crippen molar-refractivity contribution in [3.63, 3.8) is 0 Å². The fourth-order valence-electron chi connectivity index (χ4n) is 4.59. The maximum atomic E-state index is 13.5. The highest BCUT2D eigenvalue weighted by Gasteiger charge is 2.25. The zero-order chi connectivity index (χ0) is 24.7. The summed E-state index contributed by atoms with van der Waals surface area (Å²) in [6.07, 6.45) is 0. The van der Waals surface area contributed by atoms with Crippen molar-refractivity contribution in [2.75, 3.05) is 36.8 Å². The molecule has 2 aromatic carbocycles. The Morgan fingerprint density at radius 3 is 2.11 bits per heavy atom. The largest absolute Gasteiger partial charge is 0.383 e. The topological polar surface area (TPSA) is 76.1 Å². The first-order valence-electron chi connectivity index (χ1n) is 12.2. The van der Waals surface area contributed by atoms with Crippen molar-refractivity contribution >= 4 is 22.8 Å². The minimum atomic E-state index is -0.308. The standard InChI is InChI=1S/C27H32FN7/c1-17(2)19-5-7-20(8-6-19)24-23-25(29)35(22-11-9-21(28)10-12-22)32-26(23)31-27(30-24)34-15-13-33(14-16-34)18(3)4/h5-12,17-18H,13-16,29H2,1-4H3. The number of nitrogens with zero attached hydrogens (tertiary/aromatic N) is 6. The molecule has 7 nitrogen and oxygen atoms in total. The number of nitrogen functional groups attached to an aromatic ring is 1. The number of piperazine rings is 1. The molecule has 2 aromatic heterocycles. The lowest BCUT2D eigenvalue weighted by atomic mass is 10.00. The first kappa shape index (κ1) is 23.2. The molecule has 8 heteroatoms. The van der Waals surface area contributed by atoms with Crippen molar-refractivity contribution in [3.05, 3.63) is 59.9 Å². The van der Waals surface area contributed by atoms with E-state index in [9.17, 15) is 4.39 Å². The van der Waals surface area contributed by atoms with Gasteiger partial charge in [0.25, 0.3) is 0 Å². The van der Waals surface area contributed by atoms with Crippen molar-refractivity contribution in [2.45, 2.75) is 39.7 Å². The molecule has 1 fully saturated rings. The molecule has 1 aliphatic heterocycles. The van der Waals surface area contributed by atoms with Crippen molar-refractivity contribution in [2.24, 2.45) is 0 Å².